The minimum Gasteiger partial charge on any atom is -0.330 e. The second-order valence-electron chi connectivity index (χ2n) is 5.51. The van der Waals surface area contributed by atoms with Crippen molar-refractivity contribution in [1.82, 2.24) is 10.2 Å². The Morgan fingerprint density at radius 2 is 2.05 bits per heavy atom. The Balaban J connectivity index is 1.71. The number of likely N-dealkylation sites (tertiary alicyclic amines) is 1. The quantitative estimate of drug-likeness (QED) is 0.738. The van der Waals surface area contributed by atoms with E-state index >= 15 is 0 Å². The lowest BCUT2D eigenvalue weighted by molar-refractivity contribution is 0.183. The number of piperidine rings is 1. The molecule has 1 atom stereocenters. The van der Waals surface area contributed by atoms with Crippen LogP contribution in [0.1, 0.15) is 31.2 Å². The Bertz CT molecular complexity index is 339. The average Bonchev–Trinajstić information content (AvgIpc) is 2.45. The number of hydrogen-bond donors (Lipinski definition) is 2. The number of nitrogens with one attached hydrogen (secondary N) is 1. The molecule has 0 radical (unpaired) electrons. The molecule has 1 aromatic carbocycles. The van der Waals surface area contributed by atoms with E-state index in [-0.39, 0.29) is 0 Å². The van der Waals surface area contributed by atoms with Crippen LogP contribution in [0.2, 0.25) is 0 Å². The van der Waals surface area contributed by atoms with E-state index < -0.39 is 0 Å². The molecule has 0 aliphatic carbocycles. The summed E-state index contributed by atoms with van der Waals surface area (Å²) in [6.07, 6.45) is 4.95. The largest absolute Gasteiger partial charge is 0.330 e. The summed E-state index contributed by atoms with van der Waals surface area (Å²) in [7, 11) is 0. The van der Waals surface area contributed by atoms with E-state index in [4.69, 9.17) is 5.73 Å². The van der Waals surface area contributed by atoms with Crippen LogP contribution in [0.4, 0.5) is 0 Å². The van der Waals surface area contributed by atoms with Gasteiger partial charge in [-0.05, 0) is 50.9 Å². The summed E-state index contributed by atoms with van der Waals surface area (Å²) < 4.78 is 0. The first-order valence-electron chi connectivity index (χ1n) is 7.58. The molecule has 3 nitrogen and oxygen atoms in total. The van der Waals surface area contributed by atoms with Gasteiger partial charge in [0.1, 0.15) is 0 Å². The van der Waals surface area contributed by atoms with E-state index in [0.717, 1.165) is 26.1 Å². The Hall–Kier alpha value is -0.900. The standard InChI is InChI=1S/C16H27N3/c17-10-4-5-11-18-16-9-6-12-19(14-16)13-15-7-2-1-3-8-15/h1-3,7-8,16,18H,4-6,9-14,17H2. The van der Waals surface area contributed by atoms with Crippen molar-refractivity contribution in [3.63, 3.8) is 0 Å². The average molecular weight is 261 g/mol. The molecular weight excluding hydrogens is 234 g/mol. The third-order valence-electron chi connectivity index (χ3n) is 3.82. The van der Waals surface area contributed by atoms with Gasteiger partial charge in [-0.2, -0.15) is 0 Å². The minimum atomic E-state index is 0.662. The van der Waals surface area contributed by atoms with Gasteiger partial charge in [-0.1, -0.05) is 30.3 Å². The van der Waals surface area contributed by atoms with Crippen LogP contribution >= 0.6 is 0 Å². The summed E-state index contributed by atoms with van der Waals surface area (Å²) in [4.78, 5) is 2.57. The summed E-state index contributed by atoms with van der Waals surface area (Å²) in [5, 5.41) is 3.67. The molecule has 106 valence electrons. The molecule has 0 spiro atoms. The molecule has 0 aromatic heterocycles. The third kappa shape index (κ3) is 5.31. The molecule has 3 N–H and O–H groups in total. The lowest BCUT2D eigenvalue weighted by Crippen LogP contribution is -2.45. The maximum Gasteiger partial charge on any atom is 0.0234 e. The summed E-state index contributed by atoms with van der Waals surface area (Å²) in [6.45, 7) is 5.42. The van der Waals surface area contributed by atoms with Crippen molar-refractivity contribution in [1.29, 1.82) is 0 Å². The third-order valence-corrected chi connectivity index (χ3v) is 3.82. The van der Waals surface area contributed by atoms with Gasteiger partial charge in [0, 0.05) is 19.1 Å². The molecule has 0 saturated carbocycles. The van der Waals surface area contributed by atoms with Crippen molar-refractivity contribution in [2.45, 2.75) is 38.3 Å². The number of unbranched alkanes of at least 4 members (excludes halogenated alkanes) is 1. The van der Waals surface area contributed by atoms with Gasteiger partial charge in [-0.15, -0.1) is 0 Å². The molecule has 2 rings (SSSR count). The van der Waals surface area contributed by atoms with E-state index in [2.05, 4.69) is 40.5 Å². The Morgan fingerprint density at radius 1 is 1.21 bits per heavy atom. The lowest BCUT2D eigenvalue weighted by atomic mass is 10.0. The SMILES string of the molecule is NCCCCNC1CCCN(Cc2ccccc2)C1. The predicted octanol–water partition coefficient (Wildman–Crippen LogP) is 1.98. The van der Waals surface area contributed by atoms with Crippen LogP contribution in [-0.2, 0) is 6.54 Å². The molecule has 3 heteroatoms. The predicted molar refractivity (Wildman–Crippen MR) is 81.0 cm³/mol. The molecule has 1 saturated heterocycles. The molecule has 1 aliphatic heterocycles. The lowest BCUT2D eigenvalue weighted by Gasteiger charge is -2.33. The Labute approximate surface area is 117 Å². The molecule has 1 unspecified atom stereocenters. The van der Waals surface area contributed by atoms with Gasteiger partial charge in [0.2, 0.25) is 0 Å². The van der Waals surface area contributed by atoms with Crippen molar-refractivity contribution in [3.05, 3.63) is 35.9 Å². The first-order valence-corrected chi connectivity index (χ1v) is 7.58. The van der Waals surface area contributed by atoms with Crippen molar-refractivity contribution >= 4 is 0 Å². The zero-order chi connectivity index (χ0) is 13.3. The maximum absolute atomic E-state index is 5.52. The molecule has 0 bridgehead atoms. The van der Waals surface area contributed by atoms with Crippen molar-refractivity contribution in [3.8, 4) is 0 Å². The molecule has 1 fully saturated rings. The molecule has 1 aliphatic rings. The van der Waals surface area contributed by atoms with Gasteiger partial charge in [-0.3, -0.25) is 4.90 Å². The minimum absolute atomic E-state index is 0.662. The van der Waals surface area contributed by atoms with Crippen LogP contribution in [-0.4, -0.2) is 37.1 Å². The second kappa shape index (κ2) is 8.31. The van der Waals surface area contributed by atoms with E-state index in [1.54, 1.807) is 0 Å². The van der Waals surface area contributed by atoms with E-state index in [1.807, 2.05) is 0 Å². The first-order chi connectivity index (χ1) is 9.38. The number of nitrogens with zero attached hydrogens (tertiary/aromatic N) is 1. The van der Waals surface area contributed by atoms with Crippen LogP contribution in [0, 0.1) is 0 Å². The molecule has 0 amide bonds. The molecule has 1 heterocycles. The highest BCUT2D eigenvalue weighted by molar-refractivity contribution is 5.14. The van der Waals surface area contributed by atoms with E-state index in [0.29, 0.717) is 6.04 Å². The summed E-state index contributed by atoms with van der Waals surface area (Å²) >= 11 is 0. The number of rotatable bonds is 7. The van der Waals surface area contributed by atoms with E-state index in [1.165, 1.54) is 37.9 Å². The Kier molecular flexibility index (Phi) is 6.34. The summed E-state index contributed by atoms with van der Waals surface area (Å²) in [5.41, 5.74) is 6.94. The first kappa shape index (κ1) is 14.5. The molecule has 1 aromatic rings. The number of nitrogens with two attached hydrogens (primary N) is 1. The van der Waals surface area contributed by atoms with Gasteiger partial charge >= 0.3 is 0 Å². The normalized spacial score (nSPS) is 20.6. The fourth-order valence-corrected chi connectivity index (χ4v) is 2.78. The molecular formula is C16H27N3. The molecule has 19 heavy (non-hydrogen) atoms. The van der Waals surface area contributed by atoms with Crippen molar-refractivity contribution < 1.29 is 0 Å². The maximum atomic E-state index is 5.52. The highest BCUT2D eigenvalue weighted by Gasteiger charge is 2.18. The highest BCUT2D eigenvalue weighted by Crippen LogP contribution is 2.13. The van der Waals surface area contributed by atoms with Crippen molar-refractivity contribution in [2.24, 2.45) is 5.73 Å². The monoisotopic (exact) mass is 261 g/mol. The zero-order valence-corrected chi connectivity index (χ0v) is 11.9. The van der Waals surface area contributed by atoms with Gasteiger partial charge in [0.25, 0.3) is 0 Å². The fourth-order valence-electron chi connectivity index (χ4n) is 2.78. The number of hydrogen-bond acceptors (Lipinski definition) is 3. The fraction of sp³-hybridized carbons (Fsp3) is 0.625. The van der Waals surface area contributed by atoms with Gasteiger partial charge in [0.15, 0.2) is 0 Å². The summed E-state index contributed by atoms with van der Waals surface area (Å²) in [6, 6.07) is 11.4. The van der Waals surface area contributed by atoms with Crippen LogP contribution < -0.4 is 11.1 Å². The van der Waals surface area contributed by atoms with E-state index in [9.17, 15) is 0 Å². The van der Waals surface area contributed by atoms with Gasteiger partial charge in [0.05, 0.1) is 0 Å². The second-order valence-corrected chi connectivity index (χ2v) is 5.51. The van der Waals surface area contributed by atoms with Crippen LogP contribution in [0.25, 0.3) is 0 Å². The van der Waals surface area contributed by atoms with Crippen LogP contribution in [0.5, 0.6) is 0 Å². The Morgan fingerprint density at radius 3 is 2.84 bits per heavy atom. The summed E-state index contributed by atoms with van der Waals surface area (Å²) in [5.74, 6) is 0. The highest BCUT2D eigenvalue weighted by atomic mass is 15.2. The topological polar surface area (TPSA) is 41.3 Å². The van der Waals surface area contributed by atoms with Crippen molar-refractivity contribution in [2.75, 3.05) is 26.2 Å². The van der Waals surface area contributed by atoms with Crippen LogP contribution in [0.15, 0.2) is 30.3 Å². The smallest absolute Gasteiger partial charge is 0.0234 e. The van der Waals surface area contributed by atoms with Gasteiger partial charge in [-0.25, -0.2) is 0 Å². The number of benzene rings is 1. The van der Waals surface area contributed by atoms with Gasteiger partial charge < -0.3 is 11.1 Å². The van der Waals surface area contributed by atoms with Crippen LogP contribution in [0.3, 0.4) is 0 Å². The zero-order valence-electron chi connectivity index (χ0n) is 11.9.